The van der Waals surface area contributed by atoms with E-state index in [1.165, 1.54) is 17.7 Å². The first-order chi connectivity index (χ1) is 9.72. The average Bonchev–Trinajstić information content (AvgIpc) is 3.18. The minimum Gasteiger partial charge on any atom is -0.488 e. The monoisotopic (exact) mass is 371 g/mol. The van der Waals surface area contributed by atoms with Crippen molar-refractivity contribution in [2.45, 2.75) is 32.0 Å². The molecule has 2 aromatic rings. The first kappa shape index (κ1) is 14.4. The van der Waals surface area contributed by atoms with E-state index in [4.69, 9.17) is 16.3 Å². The maximum atomic E-state index is 6.08. The van der Waals surface area contributed by atoms with Crippen molar-refractivity contribution >= 4 is 38.9 Å². The third kappa shape index (κ3) is 3.76. The van der Waals surface area contributed by atoms with Crippen LogP contribution in [0.25, 0.3) is 0 Å². The number of rotatable bonds is 6. The highest BCUT2D eigenvalue weighted by Crippen LogP contribution is 2.28. The molecule has 1 saturated carbocycles. The average molecular weight is 373 g/mol. The summed E-state index contributed by atoms with van der Waals surface area (Å²) >= 11 is 11.3. The lowest BCUT2D eigenvalue weighted by molar-refractivity contribution is 0.305. The summed E-state index contributed by atoms with van der Waals surface area (Å²) < 4.78 is 7.06. The van der Waals surface area contributed by atoms with Crippen LogP contribution in [-0.2, 0) is 13.2 Å². The fourth-order valence-electron chi connectivity index (χ4n) is 1.94. The molecule has 106 valence electrons. The smallest absolute Gasteiger partial charge is 0.124 e. The van der Waals surface area contributed by atoms with E-state index in [0.717, 1.165) is 27.4 Å². The molecular weight excluding hydrogens is 358 g/mol. The number of benzene rings is 1. The molecule has 1 aliphatic carbocycles. The second kappa shape index (κ2) is 6.48. The van der Waals surface area contributed by atoms with Crippen molar-refractivity contribution < 1.29 is 4.74 Å². The topological polar surface area (TPSA) is 21.3 Å². The van der Waals surface area contributed by atoms with Gasteiger partial charge in [0.25, 0.3) is 0 Å². The Labute approximate surface area is 136 Å². The van der Waals surface area contributed by atoms with Crippen LogP contribution in [0.3, 0.4) is 0 Å². The summed E-state index contributed by atoms with van der Waals surface area (Å²) in [5.74, 6) is 0.905. The highest BCUT2D eigenvalue weighted by atomic mass is 79.9. The number of nitrogens with one attached hydrogen (secondary N) is 1. The molecule has 0 amide bonds. The zero-order valence-electron chi connectivity index (χ0n) is 10.9. The second-order valence-corrected chi connectivity index (χ2v) is 7.18. The van der Waals surface area contributed by atoms with Gasteiger partial charge in [-0.15, -0.1) is 11.3 Å². The van der Waals surface area contributed by atoms with E-state index in [2.05, 4.69) is 26.6 Å². The van der Waals surface area contributed by atoms with Gasteiger partial charge in [0.2, 0.25) is 0 Å². The molecule has 3 rings (SSSR count). The molecule has 0 atom stereocenters. The van der Waals surface area contributed by atoms with Gasteiger partial charge in [0.15, 0.2) is 0 Å². The minimum absolute atomic E-state index is 0.580. The van der Waals surface area contributed by atoms with Crippen LogP contribution in [0.1, 0.15) is 23.3 Å². The molecule has 0 radical (unpaired) electrons. The van der Waals surface area contributed by atoms with Crippen LogP contribution in [0.4, 0.5) is 0 Å². The van der Waals surface area contributed by atoms with Crippen LogP contribution in [0.5, 0.6) is 5.75 Å². The van der Waals surface area contributed by atoms with Crippen LogP contribution in [0.2, 0.25) is 5.02 Å². The third-order valence-electron chi connectivity index (χ3n) is 3.23. The van der Waals surface area contributed by atoms with Crippen LogP contribution < -0.4 is 10.1 Å². The van der Waals surface area contributed by atoms with Crippen molar-refractivity contribution in [3.8, 4) is 5.75 Å². The fraction of sp³-hybridized carbons (Fsp3) is 0.333. The van der Waals surface area contributed by atoms with Gasteiger partial charge in [0.05, 0.1) is 4.88 Å². The lowest BCUT2D eigenvalue weighted by Gasteiger charge is -2.12. The van der Waals surface area contributed by atoms with E-state index >= 15 is 0 Å². The van der Waals surface area contributed by atoms with Crippen LogP contribution in [-0.4, -0.2) is 6.04 Å². The van der Waals surface area contributed by atoms with E-state index in [-0.39, 0.29) is 0 Å². The Balaban J connectivity index is 1.68. The quantitative estimate of drug-likeness (QED) is 0.771. The second-order valence-electron chi connectivity index (χ2n) is 4.89. The van der Waals surface area contributed by atoms with Crippen LogP contribution in [0, 0.1) is 0 Å². The van der Waals surface area contributed by atoms with Gasteiger partial charge in [-0.05, 0) is 58.4 Å². The van der Waals surface area contributed by atoms with Gasteiger partial charge >= 0.3 is 0 Å². The lowest BCUT2D eigenvalue weighted by atomic mass is 10.2. The fourth-order valence-corrected chi connectivity index (χ4v) is 3.51. The zero-order chi connectivity index (χ0) is 13.9. The number of hydrogen-bond acceptors (Lipinski definition) is 3. The molecule has 0 unspecified atom stereocenters. The summed E-state index contributed by atoms with van der Waals surface area (Å²) in [5.41, 5.74) is 1.12. The largest absolute Gasteiger partial charge is 0.488 e. The van der Waals surface area contributed by atoms with E-state index < -0.39 is 0 Å². The highest BCUT2D eigenvalue weighted by Gasteiger charge is 2.20. The van der Waals surface area contributed by atoms with Crippen molar-refractivity contribution in [1.82, 2.24) is 5.32 Å². The van der Waals surface area contributed by atoms with E-state index in [1.807, 2.05) is 24.3 Å². The molecular formula is C15H15BrClNOS. The predicted molar refractivity (Wildman–Crippen MR) is 87.7 cm³/mol. The Morgan fingerprint density at radius 3 is 2.90 bits per heavy atom. The molecule has 1 aromatic heterocycles. The summed E-state index contributed by atoms with van der Waals surface area (Å²) in [4.78, 5) is 1.20. The normalized spacial score (nSPS) is 14.5. The van der Waals surface area contributed by atoms with Crippen LogP contribution in [0.15, 0.2) is 34.1 Å². The van der Waals surface area contributed by atoms with Gasteiger partial charge in [-0.2, -0.15) is 0 Å². The van der Waals surface area contributed by atoms with Gasteiger partial charge in [-0.1, -0.05) is 11.6 Å². The van der Waals surface area contributed by atoms with Crippen molar-refractivity contribution in [1.29, 1.82) is 0 Å². The molecule has 1 heterocycles. The maximum absolute atomic E-state index is 6.08. The summed E-state index contributed by atoms with van der Waals surface area (Å²) in [5, 5.41) is 6.31. The Bertz CT molecular complexity index is 597. The standard InChI is InChI=1S/C15H15BrClNOS/c16-13-5-6-20-15(13)9-19-14-4-1-11(17)7-10(14)8-18-12-2-3-12/h1,4-7,12,18H,2-3,8-9H2. The number of thiophene rings is 1. The van der Waals surface area contributed by atoms with Gasteiger partial charge in [-0.3, -0.25) is 0 Å². The van der Waals surface area contributed by atoms with Crippen molar-refractivity contribution in [2.75, 3.05) is 0 Å². The predicted octanol–water partition coefficient (Wildman–Crippen LogP) is 5.00. The molecule has 1 fully saturated rings. The number of halogens is 2. The Hall–Kier alpha value is -0.550. The first-order valence-corrected chi connectivity index (χ1v) is 8.64. The van der Waals surface area contributed by atoms with Crippen molar-refractivity contribution in [2.24, 2.45) is 0 Å². The summed E-state index contributed by atoms with van der Waals surface area (Å²) in [6.07, 6.45) is 2.55. The number of ether oxygens (including phenoxy) is 1. The van der Waals surface area contributed by atoms with Gasteiger partial charge in [-0.25, -0.2) is 0 Å². The SMILES string of the molecule is Clc1ccc(OCc2sccc2Br)c(CNC2CC2)c1. The number of hydrogen-bond donors (Lipinski definition) is 1. The molecule has 2 nitrogen and oxygen atoms in total. The Morgan fingerprint density at radius 1 is 1.35 bits per heavy atom. The Morgan fingerprint density at radius 2 is 2.20 bits per heavy atom. The molecule has 1 N–H and O–H groups in total. The van der Waals surface area contributed by atoms with Crippen molar-refractivity contribution in [3.63, 3.8) is 0 Å². The molecule has 1 aromatic carbocycles. The molecule has 0 aliphatic heterocycles. The van der Waals surface area contributed by atoms with Crippen LogP contribution >= 0.6 is 38.9 Å². The van der Waals surface area contributed by atoms with E-state index in [1.54, 1.807) is 11.3 Å². The molecule has 1 aliphatic rings. The zero-order valence-corrected chi connectivity index (χ0v) is 14.0. The lowest BCUT2D eigenvalue weighted by Crippen LogP contribution is -2.16. The molecule has 5 heteroatoms. The minimum atomic E-state index is 0.580. The maximum Gasteiger partial charge on any atom is 0.124 e. The summed E-state index contributed by atoms with van der Waals surface area (Å²) in [7, 11) is 0. The van der Waals surface area contributed by atoms with Gasteiger partial charge in [0.1, 0.15) is 12.4 Å². The van der Waals surface area contributed by atoms with E-state index in [9.17, 15) is 0 Å². The summed E-state index contributed by atoms with van der Waals surface area (Å²) in [6, 6.07) is 8.53. The highest BCUT2D eigenvalue weighted by molar-refractivity contribution is 9.10. The summed E-state index contributed by atoms with van der Waals surface area (Å²) in [6.45, 7) is 1.39. The van der Waals surface area contributed by atoms with E-state index in [0.29, 0.717) is 12.6 Å². The molecule has 20 heavy (non-hydrogen) atoms. The Kier molecular flexibility index (Phi) is 4.66. The molecule has 0 bridgehead atoms. The molecule has 0 saturated heterocycles. The molecule has 0 spiro atoms. The third-order valence-corrected chi connectivity index (χ3v) is 5.37. The van der Waals surface area contributed by atoms with Gasteiger partial charge < -0.3 is 10.1 Å². The first-order valence-electron chi connectivity index (χ1n) is 6.59. The van der Waals surface area contributed by atoms with Crippen molar-refractivity contribution in [3.05, 3.63) is 49.6 Å². The van der Waals surface area contributed by atoms with Gasteiger partial charge in [0, 0.05) is 27.6 Å².